The van der Waals surface area contributed by atoms with Crippen molar-refractivity contribution in [2.75, 3.05) is 13.6 Å². The first-order valence-corrected chi connectivity index (χ1v) is 8.25. The Morgan fingerprint density at radius 2 is 2.00 bits per heavy atom. The topological polar surface area (TPSA) is 91.5 Å². The Bertz CT molecular complexity index is 527. The van der Waals surface area contributed by atoms with Crippen LogP contribution in [0, 0.1) is 13.8 Å². The lowest BCUT2D eigenvalue weighted by molar-refractivity contribution is -0.120. The molecule has 0 aliphatic heterocycles. The van der Waals surface area contributed by atoms with E-state index in [2.05, 4.69) is 25.9 Å². The summed E-state index contributed by atoms with van der Waals surface area (Å²) in [5.41, 5.74) is 0.886. The Labute approximate surface area is 137 Å². The first-order chi connectivity index (χ1) is 11.1. The highest BCUT2D eigenvalue weighted by atomic mass is 16.4. The number of aliphatic imine (C=N–C) groups is 1. The van der Waals surface area contributed by atoms with Gasteiger partial charge in [0.15, 0.2) is 5.96 Å². The van der Waals surface area contributed by atoms with Gasteiger partial charge in [0.2, 0.25) is 11.8 Å². The highest BCUT2D eigenvalue weighted by Gasteiger charge is 2.15. The molecule has 1 aromatic rings. The van der Waals surface area contributed by atoms with Crippen LogP contribution < -0.4 is 16.0 Å². The summed E-state index contributed by atoms with van der Waals surface area (Å²) in [5, 5.41) is 9.16. The molecule has 23 heavy (non-hydrogen) atoms. The fourth-order valence-corrected chi connectivity index (χ4v) is 2.68. The quantitative estimate of drug-likeness (QED) is 0.563. The number of guanidine groups is 1. The van der Waals surface area contributed by atoms with Crippen LogP contribution in [0.5, 0.6) is 0 Å². The zero-order chi connectivity index (χ0) is 16.7. The van der Waals surface area contributed by atoms with E-state index in [-0.39, 0.29) is 12.5 Å². The minimum Gasteiger partial charge on any atom is -0.444 e. The first-order valence-electron chi connectivity index (χ1n) is 8.25. The molecule has 0 radical (unpaired) electrons. The highest BCUT2D eigenvalue weighted by molar-refractivity contribution is 5.86. The molecule has 0 spiro atoms. The number of aromatic nitrogens is 1. The number of rotatable bonds is 5. The Kier molecular flexibility index (Phi) is 6.43. The molecule has 1 aliphatic carbocycles. The summed E-state index contributed by atoms with van der Waals surface area (Å²) >= 11 is 0. The average Bonchev–Trinajstić information content (AvgIpc) is 2.87. The zero-order valence-electron chi connectivity index (χ0n) is 14.2. The second-order valence-electron chi connectivity index (χ2n) is 5.93. The SMILES string of the molecule is CN=C(NCC(=O)NC1CCCCC1)NCc1nc(C)c(C)o1. The zero-order valence-corrected chi connectivity index (χ0v) is 14.2. The van der Waals surface area contributed by atoms with E-state index in [4.69, 9.17) is 4.42 Å². The van der Waals surface area contributed by atoms with Crippen LogP contribution >= 0.6 is 0 Å². The molecule has 7 heteroatoms. The lowest BCUT2D eigenvalue weighted by Crippen LogP contribution is -2.45. The van der Waals surface area contributed by atoms with Crippen molar-refractivity contribution in [1.82, 2.24) is 20.9 Å². The van der Waals surface area contributed by atoms with E-state index in [0.29, 0.717) is 24.4 Å². The number of carbonyl (C=O) groups excluding carboxylic acids is 1. The van der Waals surface area contributed by atoms with Crippen LogP contribution in [0.4, 0.5) is 0 Å². The van der Waals surface area contributed by atoms with Crippen molar-refractivity contribution < 1.29 is 9.21 Å². The Balaban J connectivity index is 1.70. The fraction of sp³-hybridized carbons (Fsp3) is 0.688. The molecular weight excluding hydrogens is 294 g/mol. The third-order valence-electron chi connectivity index (χ3n) is 4.09. The highest BCUT2D eigenvalue weighted by Crippen LogP contribution is 2.17. The van der Waals surface area contributed by atoms with Gasteiger partial charge in [0, 0.05) is 13.1 Å². The van der Waals surface area contributed by atoms with Crippen LogP contribution in [0.1, 0.15) is 49.4 Å². The van der Waals surface area contributed by atoms with Crippen molar-refractivity contribution in [1.29, 1.82) is 0 Å². The molecule has 1 aromatic heterocycles. The Morgan fingerprint density at radius 3 is 2.61 bits per heavy atom. The number of aryl methyl sites for hydroxylation is 2. The van der Waals surface area contributed by atoms with E-state index in [1.807, 2.05) is 13.8 Å². The third-order valence-corrected chi connectivity index (χ3v) is 4.09. The minimum atomic E-state index is 0.00247. The van der Waals surface area contributed by atoms with Gasteiger partial charge in [0.25, 0.3) is 0 Å². The molecule has 0 saturated heterocycles. The van der Waals surface area contributed by atoms with Crippen molar-refractivity contribution in [2.24, 2.45) is 4.99 Å². The van der Waals surface area contributed by atoms with Crippen molar-refractivity contribution in [3.8, 4) is 0 Å². The molecule has 7 nitrogen and oxygen atoms in total. The molecule has 0 aromatic carbocycles. The molecule has 1 saturated carbocycles. The van der Waals surface area contributed by atoms with Crippen LogP contribution in [-0.2, 0) is 11.3 Å². The maximum atomic E-state index is 12.0. The summed E-state index contributed by atoms with van der Waals surface area (Å²) in [6.07, 6.45) is 5.86. The second kappa shape index (κ2) is 8.55. The van der Waals surface area contributed by atoms with Crippen molar-refractivity contribution in [2.45, 2.75) is 58.5 Å². The van der Waals surface area contributed by atoms with Gasteiger partial charge >= 0.3 is 0 Å². The molecule has 1 aliphatic rings. The monoisotopic (exact) mass is 321 g/mol. The van der Waals surface area contributed by atoms with E-state index >= 15 is 0 Å². The van der Waals surface area contributed by atoms with Crippen LogP contribution in [0.25, 0.3) is 0 Å². The first kappa shape index (κ1) is 17.3. The maximum absolute atomic E-state index is 12.0. The molecule has 1 heterocycles. The van der Waals surface area contributed by atoms with E-state index in [0.717, 1.165) is 24.3 Å². The van der Waals surface area contributed by atoms with E-state index in [1.54, 1.807) is 7.05 Å². The van der Waals surface area contributed by atoms with Crippen LogP contribution in [-0.4, -0.2) is 36.5 Å². The number of nitrogens with zero attached hydrogens (tertiary/aromatic N) is 2. The molecular formula is C16H27N5O2. The molecule has 1 fully saturated rings. The molecule has 1 amide bonds. The number of oxazole rings is 1. The summed E-state index contributed by atoms with van der Waals surface area (Å²) in [5.74, 6) is 1.98. The standard InChI is InChI=1S/C16H27N5O2/c1-11-12(2)23-15(20-11)10-19-16(17-3)18-9-14(22)21-13-7-5-4-6-8-13/h13H,4-10H2,1-3H3,(H,21,22)(H2,17,18,19). The van der Waals surface area contributed by atoms with E-state index in [1.165, 1.54) is 19.3 Å². The summed E-state index contributed by atoms with van der Waals surface area (Å²) < 4.78 is 5.50. The molecule has 3 N–H and O–H groups in total. The molecule has 0 bridgehead atoms. The van der Waals surface area contributed by atoms with Crippen LogP contribution in [0.15, 0.2) is 9.41 Å². The molecule has 0 atom stereocenters. The maximum Gasteiger partial charge on any atom is 0.239 e. The largest absolute Gasteiger partial charge is 0.444 e. The average molecular weight is 321 g/mol. The number of hydrogen-bond acceptors (Lipinski definition) is 4. The Hall–Kier alpha value is -2.05. The van der Waals surface area contributed by atoms with Gasteiger partial charge in [-0.15, -0.1) is 0 Å². The predicted molar refractivity (Wildman–Crippen MR) is 89.2 cm³/mol. The van der Waals surface area contributed by atoms with Gasteiger partial charge in [-0.05, 0) is 26.7 Å². The lowest BCUT2D eigenvalue weighted by Gasteiger charge is -2.23. The molecule has 2 rings (SSSR count). The van der Waals surface area contributed by atoms with E-state index in [9.17, 15) is 4.79 Å². The molecule has 0 unspecified atom stereocenters. The Morgan fingerprint density at radius 1 is 1.26 bits per heavy atom. The van der Waals surface area contributed by atoms with Gasteiger partial charge in [-0.25, -0.2) is 4.98 Å². The normalized spacial score (nSPS) is 16.2. The molecule has 128 valence electrons. The summed E-state index contributed by atoms with van der Waals surface area (Å²) in [6.45, 7) is 4.43. The summed E-state index contributed by atoms with van der Waals surface area (Å²) in [6, 6.07) is 0.325. The predicted octanol–water partition coefficient (Wildman–Crippen LogP) is 1.41. The second-order valence-corrected chi connectivity index (χ2v) is 5.93. The van der Waals surface area contributed by atoms with Gasteiger partial charge in [-0.3, -0.25) is 9.79 Å². The lowest BCUT2D eigenvalue weighted by atomic mass is 9.95. The van der Waals surface area contributed by atoms with E-state index < -0.39 is 0 Å². The smallest absolute Gasteiger partial charge is 0.239 e. The van der Waals surface area contributed by atoms with Crippen molar-refractivity contribution >= 4 is 11.9 Å². The van der Waals surface area contributed by atoms with Gasteiger partial charge in [0.05, 0.1) is 18.8 Å². The number of carbonyl (C=O) groups is 1. The van der Waals surface area contributed by atoms with Crippen molar-refractivity contribution in [3.05, 3.63) is 17.3 Å². The number of nitrogens with one attached hydrogen (secondary N) is 3. The van der Waals surface area contributed by atoms with Gasteiger partial charge < -0.3 is 20.4 Å². The van der Waals surface area contributed by atoms with Gasteiger partial charge in [-0.2, -0.15) is 0 Å². The number of amides is 1. The van der Waals surface area contributed by atoms with Crippen LogP contribution in [0.3, 0.4) is 0 Å². The van der Waals surface area contributed by atoms with Gasteiger partial charge in [-0.1, -0.05) is 19.3 Å². The third kappa shape index (κ3) is 5.58. The summed E-state index contributed by atoms with van der Waals surface area (Å²) in [7, 11) is 1.67. The summed E-state index contributed by atoms with van der Waals surface area (Å²) in [4.78, 5) is 20.4. The van der Waals surface area contributed by atoms with Crippen LogP contribution in [0.2, 0.25) is 0 Å². The van der Waals surface area contributed by atoms with Gasteiger partial charge in [0.1, 0.15) is 5.76 Å². The minimum absolute atomic E-state index is 0.00247. The van der Waals surface area contributed by atoms with Crippen molar-refractivity contribution in [3.63, 3.8) is 0 Å². The fourth-order valence-electron chi connectivity index (χ4n) is 2.68. The number of hydrogen-bond donors (Lipinski definition) is 3.